The Bertz CT molecular complexity index is 893. The number of alkyl halides is 3. The van der Waals surface area contributed by atoms with Crippen molar-refractivity contribution in [1.29, 1.82) is 0 Å². The normalized spacial score (nSPS) is 24.3. The maximum Gasteiger partial charge on any atom is 0.490 e. The number of likely N-dealkylation sites (tertiary alicyclic amines) is 1. The summed E-state index contributed by atoms with van der Waals surface area (Å²) in [5.74, 6) is -1.51. The first kappa shape index (κ1) is 24.0. The topological polar surface area (TPSA) is 83.9 Å². The third-order valence-corrected chi connectivity index (χ3v) is 8.95. The van der Waals surface area contributed by atoms with Gasteiger partial charge in [-0.1, -0.05) is 24.3 Å². The van der Waals surface area contributed by atoms with Crippen LogP contribution in [0.15, 0.2) is 24.3 Å². The molecule has 1 unspecified atom stereocenters. The molecule has 0 bridgehead atoms. The average molecular weight is 464 g/mol. The zero-order valence-electron chi connectivity index (χ0n) is 17.4. The summed E-state index contributed by atoms with van der Waals surface area (Å²) in [6, 6.07) is 8.36. The molecule has 0 radical (unpaired) electrons. The van der Waals surface area contributed by atoms with Gasteiger partial charge < -0.3 is 9.84 Å². The third-order valence-electron chi connectivity index (χ3n) is 6.35. The lowest BCUT2D eigenvalue weighted by atomic mass is 9.83. The van der Waals surface area contributed by atoms with Gasteiger partial charge in [0.05, 0.1) is 12.4 Å². The van der Waals surface area contributed by atoms with Crippen LogP contribution in [-0.4, -0.2) is 67.4 Å². The number of aryl methyl sites for hydroxylation is 1. The van der Waals surface area contributed by atoms with E-state index in [1.807, 2.05) is 6.07 Å². The summed E-state index contributed by atoms with van der Waals surface area (Å²) in [7, 11) is -2.99. The number of sulfone groups is 1. The van der Waals surface area contributed by atoms with E-state index in [0.29, 0.717) is 25.4 Å². The summed E-state index contributed by atoms with van der Waals surface area (Å²) >= 11 is 0. The van der Waals surface area contributed by atoms with Gasteiger partial charge in [-0.3, -0.25) is 4.90 Å². The van der Waals surface area contributed by atoms with Crippen molar-refractivity contribution in [3.63, 3.8) is 0 Å². The van der Waals surface area contributed by atoms with Crippen LogP contribution in [0.25, 0.3) is 0 Å². The second-order valence-corrected chi connectivity index (χ2v) is 11.2. The van der Waals surface area contributed by atoms with Crippen LogP contribution >= 0.6 is 0 Å². The predicted molar refractivity (Wildman–Crippen MR) is 108 cm³/mol. The fourth-order valence-electron chi connectivity index (χ4n) is 4.22. The van der Waals surface area contributed by atoms with Crippen molar-refractivity contribution in [2.45, 2.75) is 43.7 Å². The molecule has 174 valence electrons. The van der Waals surface area contributed by atoms with Gasteiger partial charge in [0, 0.05) is 32.2 Å². The number of aliphatic carboxylic acids is 1. The van der Waals surface area contributed by atoms with Gasteiger partial charge in [-0.2, -0.15) is 13.2 Å². The lowest BCUT2D eigenvalue weighted by Crippen LogP contribution is -2.67. The van der Waals surface area contributed by atoms with Crippen LogP contribution in [0.4, 0.5) is 13.2 Å². The Kier molecular flexibility index (Phi) is 7.02. The van der Waals surface area contributed by atoms with Crippen molar-refractivity contribution in [2.24, 2.45) is 11.8 Å². The zero-order valence-corrected chi connectivity index (χ0v) is 18.2. The molecule has 2 saturated heterocycles. The second kappa shape index (κ2) is 9.07. The summed E-state index contributed by atoms with van der Waals surface area (Å²) in [6.07, 6.45) is -1.76. The van der Waals surface area contributed by atoms with Crippen molar-refractivity contribution >= 4 is 15.8 Å². The molecule has 4 rings (SSSR count). The molecule has 6 nitrogen and oxygen atoms in total. The summed E-state index contributed by atoms with van der Waals surface area (Å²) in [5.41, 5.74) is 2.57. The SMILES string of the molecule is Cc1ccccc1CN1CC2(C1)C(COCC1CC1)CCS2(=O)=O.O=C(O)C(F)(F)F. The van der Waals surface area contributed by atoms with Gasteiger partial charge in [-0.05, 0) is 43.2 Å². The highest BCUT2D eigenvalue weighted by molar-refractivity contribution is 7.93. The number of benzene rings is 1. The minimum Gasteiger partial charge on any atom is -0.475 e. The fraction of sp³-hybridized carbons (Fsp3) is 0.667. The Labute approximate surface area is 180 Å². The van der Waals surface area contributed by atoms with Gasteiger partial charge in [0.2, 0.25) is 0 Å². The van der Waals surface area contributed by atoms with Crippen LogP contribution in [0.3, 0.4) is 0 Å². The molecule has 31 heavy (non-hydrogen) atoms. The molecule has 1 N–H and O–H groups in total. The van der Waals surface area contributed by atoms with Gasteiger partial charge in [0.15, 0.2) is 9.84 Å². The van der Waals surface area contributed by atoms with Crippen LogP contribution in [0.2, 0.25) is 0 Å². The highest BCUT2D eigenvalue weighted by Crippen LogP contribution is 2.45. The summed E-state index contributed by atoms with van der Waals surface area (Å²) in [4.78, 5) is 11.2. The van der Waals surface area contributed by atoms with Crippen molar-refractivity contribution in [1.82, 2.24) is 4.90 Å². The maximum absolute atomic E-state index is 12.7. The van der Waals surface area contributed by atoms with E-state index in [1.165, 1.54) is 24.0 Å². The number of carboxylic acid groups (broad SMARTS) is 1. The van der Waals surface area contributed by atoms with Crippen molar-refractivity contribution in [2.75, 3.05) is 32.1 Å². The quantitative estimate of drug-likeness (QED) is 0.698. The molecule has 0 aromatic heterocycles. The number of carbonyl (C=O) groups is 1. The lowest BCUT2D eigenvalue weighted by Gasteiger charge is -2.50. The molecule has 0 amide bonds. The first-order valence-electron chi connectivity index (χ1n) is 10.3. The van der Waals surface area contributed by atoms with E-state index in [1.54, 1.807) is 0 Å². The number of hydrogen-bond acceptors (Lipinski definition) is 5. The van der Waals surface area contributed by atoms with Crippen LogP contribution in [-0.2, 0) is 25.9 Å². The first-order chi connectivity index (χ1) is 14.4. The molecule has 1 atom stereocenters. The summed E-state index contributed by atoms with van der Waals surface area (Å²) in [5, 5.41) is 7.12. The van der Waals surface area contributed by atoms with E-state index in [9.17, 15) is 21.6 Å². The number of rotatable bonds is 6. The van der Waals surface area contributed by atoms with E-state index < -0.39 is 26.7 Å². The number of nitrogens with zero attached hydrogens (tertiary/aromatic N) is 1. The number of hydrogen-bond donors (Lipinski definition) is 1. The maximum atomic E-state index is 12.7. The Morgan fingerprint density at radius 2 is 1.81 bits per heavy atom. The van der Waals surface area contributed by atoms with Crippen molar-refractivity contribution in [3.05, 3.63) is 35.4 Å². The zero-order chi connectivity index (χ0) is 22.9. The molecule has 3 fully saturated rings. The van der Waals surface area contributed by atoms with Gasteiger partial charge in [0.25, 0.3) is 0 Å². The summed E-state index contributed by atoms with van der Waals surface area (Å²) in [6.45, 7) is 5.74. The fourth-order valence-corrected chi connectivity index (χ4v) is 6.67. The summed E-state index contributed by atoms with van der Waals surface area (Å²) < 4.78 is 62.4. The lowest BCUT2D eigenvalue weighted by molar-refractivity contribution is -0.192. The Balaban J connectivity index is 0.000000339. The standard InChI is InChI=1S/C19H27NO3S.C2HF3O2/c1-15-4-2-3-5-17(15)10-20-13-19(14-20)18(8-9-24(19,21)22)12-23-11-16-6-7-16;3-2(4,5)1(6)7/h2-5,16,18H,6-14H2,1H3;(H,6,7). The van der Waals surface area contributed by atoms with E-state index in [4.69, 9.17) is 14.6 Å². The molecular weight excluding hydrogens is 435 g/mol. The van der Waals surface area contributed by atoms with E-state index in [0.717, 1.165) is 25.5 Å². The van der Waals surface area contributed by atoms with Gasteiger partial charge in [-0.15, -0.1) is 0 Å². The number of ether oxygens (including phenoxy) is 1. The average Bonchev–Trinajstić information content (AvgIpc) is 3.42. The Hall–Kier alpha value is -1.65. The predicted octanol–water partition coefficient (Wildman–Crippen LogP) is 3.04. The van der Waals surface area contributed by atoms with Crippen LogP contribution in [0, 0.1) is 18.8 Å². The smallest absolute Gasteiger partial charge is 0.475 e. The molecule has 1 spiro atoms. The van der Waals surface area contributed by atoms with Crippen LogP contribution < -0.4 is 0 Å². The monoisotopic (exact) mass is 463 g/mol. The van der Waals surface area contributed by atoms with Gasteiger partial charge >= 0.3 is 12.1 Å². The molecule has 10 heteroatoms. The number of halogens is 3. The van der Waals surface area contributed by atoms with Crippen molar-refractivity contribution < 1.29 is 36.2 Å². The highest BCUT2D eigenvalue weighted by atomic mass is 32.2. The van der Waals surface area contributed by atoms with Gasteiger partial charge in [0.1, 0.15) is 4.75 Å². The molecule has 1 aromatic rings. The first-order valence-corrected chi connectivity index (χ1v) is 12.0. The molecule has 2 heterocycles. The highest BCUT2D eigenvalue weighted by Gasteiger charge is 2.61. The molecule has 1 aliphatic carbocycles. The minimum absolute atomic E-state index is 0.175. The molecular formula is C21H28F3NO5S. The third kappa shape index (κ3) is 5.59. The molecule has 1 aromatic carbocycles. The molecule has 2 aliphatic heterocycles. The van der Waals surface area contributed by atoms with E-state index >= 15 is 0 Å². The van der Waals surface area contributed by atoms with Crippen LogP contribution in [0.1, 0.15) is 30.4 Å². The van der Waals surface area contributed by atoms with E-state index in [-0.39, 0.29) is 5.92 Å². The largest absolute Gasteiger partial charge is 0.490 e. The number of carboxylic acids is 1. The molecule has 1 saturated carbocycles. The molecule has 3 aliphatic rings. The minimum atomic E-state index is -5.08. The van der Waals surface area contributed by atoms with Crippen molar-refractivity contribution in [3.8, 4) is 0 Å². The van der Waals surface area contributed by atoms with E-state index in [2.05, 4.69) is 30.0 Å². The second-order valence-electron chi connectivity index (χ2n) is 8.72. The van der Waals surface area contributed by atoms with Crippen LogP contribution in [0.5, 0.6) is 0 Å². The Morgan fingerprint density at radius 1 is 1.19 bits per heavy atom. The Morgan fingerprint density at radius 3 is 2.35 bits per heavy atom. The van der Waals surface area contributed by atoms with Gasteiger partial charge in [-0.25, -0.2) is 13.2 Å².